The quantitative estimate of drug-likeness (QED) is 0.448. The number of nitrogens with two attached hydrogens (primary N) is 1. The minimum absolute atomic E-state index is 0.0873. The van der Waals surface area contributed by atoms with E-state index in [0.717, 1.165) is 28.1 Å². The topological polar surface area (TPSA) is 61.9 Å². The Hall–Kier alpha value is -2.55. The lowest BCUT2D eigenvalue weighted by Crippen LogP contribution is -2.13. The standard InChI is InChI=1S/C15H13N3/c16-15(17)12-5-3-7-14-11(12)9-8-10-4-1-2-6-13(10)18-14/h1-9,18H,(H3,16,17). The van der Waals surface area contributed by atoms with Crippen LogP contribution in [0.4, 0.5) is 11.4 Å². The van der Waals surface area contributed by atoms with Crippen LogP contribution in [-0.2, 0) is 0 Å². The summed E-state index contributed by atoms with van der Waals surface area (Å²) in [4.78, 5) is 0. The number of para-hydroxylation sites is 1. The molecular formula is C15H13N3. The average Bonchev–Trinajstić information content (AvgIpc) is 2.56. The van der Waals surface area contributed by atoms with Crippen LogP contribution in [0.3, 0.4) is 0 Å². The van der Waals surface area contributed by atoms with Gasteiger partial charge in [-0.3, -0.25) is 5.41 Å². The van der Waals surface area contributed by atoms with Crippen LogP contribution >= 0.6 is 0 Å². The molecule has 0 saturated carbocycles. The molecule has 0 spiro atoms. The van der Waals surface area contributed by atoms with Crippen LogP contribution in [0.5, 0.6) is 0 Å². The van der Waals surface area contributed by atoms with E-state index < -0.39 is 0 Å². The van der Waals surface area contributed by atoms with E-state index in [1.54, 1.807) is 0 Å². The fourth-order valence-corrected chi connectivity index (χ4v) is 2.16. The molecule has 18 heavy (non-hydrogen) atoms. The van der Waals surface area contributed by atoms with E-state index in [0.29, 0.717) is 0 Å². The molecule has 0 bridgehead atoms. The Morgan fingerprint density at radius 1 is 0.944 bits per heavy atom. The zero-order valence-corrected chi connectivity index (χ0v) is 9.77. The first-order valence-corrected chi connectivity index (χ1v) is 5.77. The Morgan fingerprint density at radius 2 is 1.72 bits per heavy atom. The van der Waals surface area contributed by atoms with Gasteiger partial charge in [0, 0.05) is 22.5 Å². The minimum Gasteiger partial charge on any atom is -0.384 e. The van der Waals surface area contributed by atoms with E-state index in [9.17, 15) is 0 Å². The van der Waals surface area contributed by atoms with Crippen molar-refractivity contribution in [3.05, 3.63) is 59.2 Å². The van der Waals surface area contributed by atoms with E-state index in [1.165, 1.54) is 0 Å². The molecule has 1 aliphatic heterocycles. The first kappa shape index (κ1) is 10.6. The monoisotopic (exact) mass is 235 g/mol. The van der Waals surface area contributed by atoms with Gasteiger partial charge in [0.1, 0.15) is 5.84 Å². The summed E-state index contributed by atoms with van der Waals surface area (Å²) in [5.74, 6) is 0.0873. The molecule has 1 heterocycles. The highest BCUT2D eigenvalue weighted by Gasteiger charge is 2.12. The van der Waals surface area contributed by atoms with E-state index in [-0.39, 0.29) is 5.84 Å². The zero-order chi connectivity index (χ0) is 12.5. The molecule has 2 aromatic carbocycles. The summed E-state index contributed by atoms with van der Waals surface area (Å²) >= 11 is 0. The lowest BCUT2D eigenvalue weighted by Gasteiger charge is -2.11. The maximum absolute atomic E-state index is 7.62. The molecule has 0 aliphatic carbocycles. The minimum atomic E-state index is 0.0873. The van der Waals surface area contributed by atoms with E-state index in [1.807, 2.05) is 48.6 Å². The molecule has 88 valence electrons. The van der Waals surface area contributed by atoms with Crippen molar-refractivity contribution >= 4 is 29.4 Å². The highest BCUT2D eigenvalue weighted by atomic mass is 14.9. The number of fused-ring (bicyclic) bond motifs is 2. The molecule has 4 N–H and O–H groups in total. The van der Waals surface area contributed by atoms with Gasteiger partial charge in [0.2, 0.25) is 0 Å². The van der Waals surface area contributed by atoms with Gasteiger partial charge in [-0.25, -0.2) is 0 Å². The summed E-state index contributed by atoms with van der Waals surface area (Å²) < 4.78 is 0. The van der Waals surface area contributed by atoms with Crippen molar-refractivity contribution in [3.63, 3.8) is 0 Å². The number of rotatable bonds is 1. The van der Waals surface area contributed by atoms with Gasteiger partial charge in [-0.1, -0.05) is 42.5 Å². The lowest BCUT2D eigenvalue weighted by atomic mass is 10.0. The molecular weight excluding hydrogens is 222 g/mol. The molecule has 0 fully saturated rings. The average molecular weight is 235 g/mol. The van der Waals surface area contributed by atoms with Crippen molar-refractivity contribution < 1.29 is 0 Å². The zero-order valence-electron chi connectivity index (χ0n) is 9.77. The van der Waals surface area contributed by atoms with Gasteiger partial charge in [-0.15, -0.1) is 0 Å². The number of hydrogen-bond donors (Lipinski definition) is 3. The Kier molecular flexibility index (Phi) is 2.38. The van der Waals surface area contributed by atoms with E-state index >= 15 is 0 Å². The summed E-state index contributed by atoms with van der Waals surface area (Å²) in [5.41, 5.74) is 10.5. The van der Waals surface area contributed by atoms with Crippen LogP contribution in [-0.4, -0.2) is 5.84 Å². The summed E-state index contributed by atoms with van der Waals surface area (Å²) in [6.07, 6.45) is 4.05. The van der Waals surface area contributed by atoms with Crippen LogP contribution < -0.4 is 11.1 Å². The molecule has 3 nitrogen and oxygen atoms in total. The highest BCUT2D eigenvalue weighted by Crippen LogP contribution is 2.31. The van der Waals surface area contributed by atoms with Gasteiger partial charge in [0.15, 0.2) is 0 Å². The van der Waals surface area contributed by atoms with Crippen molar-refractivity contribution in [2.75, 3.05) is 5.32 Å². The summed E-state index contributed by atoms with van der Waals surface area (Å²) in [5, 5.41) is 11.0. The predicted molar refractivity (Wildman–Crippen MR) is 76.1 cm³/mol. The first-order chi connectivity index (χ1) is 8.75. The molecule has 3 rings (SSSR count). The normalized spacial score (nSPS) is 12.0. The highest BCUT2D eigenvalue weighted by molar-refractivity contribution is 6.03. The first-order valence-electron chi connectivity index (χ1n) is 5.77. The van der Waals surface area contributed by atoms with Crippen LogP contribution in [0.25, 0.3) is 12.2 Å². The maximum Gasteiger partial charge on any atom is 0.123 e. The van der Waals surface area contributed by atoms with Crippen molar-refractivity contribution in [2.24, 2.45) is 5.73 Å². The summed E-state index contributed by atoms with van der Waals surface area (Å²) in [6.45, 7) is 0. The Labute approximate surface area is 105 Å². The van der Waals surface area contributed by atoms with Gasteiger partial charge in [-0.05, 0) is 17.7 Å². The van der Waals surface area contributed by atoms with Crippen molar-refractivity contribution in [2.45, 2.75) is 0 Å². The van der Waals surface area contributed by atoms with Gasteiger partial charge in [0.25, 0.3) is 0 Å². The van der Waals surface area contributed by atoms with Crippen molar-refractivity contribution in [1.82, 2.24) is 0 Å². The number of anilines is 2. The second kappa shape index (κ2) is 4.04. The second-order valence-corrected chi connectivity index (χ2v) is 4.23. The van der Waals surface area contributed by atoms with Crippen LogP contribution in [0.1, 0.15) is 16.7 Å². The van der Waals surface area contributed by atoms with Crippen LogP contribution in [0.2, 0.25) is 0 Å². The van der Waals surface area contributed by atoms with Crippen LogP contribution in [0.15, 0.2) is 42.5 Å². The number of amidine groups is 1. The second-order valence-electron chi connectivity index (χ2n) is 4.23. The molecule has 1 aliphatic rings. The van der Waals surface area contributed by atoms with E-state index in [4.69, 9.17) is 11.1 Å². The molecule has 0 unspecified atom stereocenters. The summed E-state index contributed by atoms with van der Waals surface area (Å²) in [7, 11) is 0. The molecule has 0 radical (unpaired) electrons. The molecule has 0 saturated heterocycles. The molecule has 2 aromatic rings. The van der Waals surface area contributed by atoms with Crippen molar-refractivity contribution in [1.29, 1.82) is 5.41 Å². The maximum atomic E-state index is 7.62. The third-order valence-electron chi connectivity index (χ3n) is 3.06. The van der Waals surface area contributed by atoms with Gasteiger partial charge in [0.05, 0.1) is 0 Å². The van der Waals surface area contributed by atoms with E-state index in [2.05, 4.69) is 11.4 Å². The molecule has 0 aromatic heterocycles. The number of nitrogens with one attached hydrogen (secondary N) is 2. The molecule has 3 heteroatoms. The predicted octanol–water partition coefficient (Wildman–Crippen LogP) is 3.20. The van der Waals surface area contributed by atoms with Gasteiger partial charge >= 0.3 is 0 Å². The SMILES string of the molecule is N=C(N)c1cccc2c1C=Cc1ccccc1N2. The smallest absolute Gasteiger partial charge is 0.123 e. The summed E-state index contributed by atoms with van der Waals surface area (Å²) in [6, 6.07) is 13.9. The fourth-order valence-electron chi connectivity index (χ4n) is 2.16. The Morgan fingerprint density at radius 3 is 2.56 bits per heavy atom. The Balaban J connectivity index is 2.20. The number of benzene rings is 2. The molecule has 0 atom stereocenters. The van der Waals surface area contributed by atoms with Gasteiger partial charge < -0.3 is 11.1 Å². The van der Waals surface area contributed by atoms with Gasteiger partial charge in [-0.2, -0.15) is 0 Å². The Bertz CT molecular complexity index is 657. The van der Waals surface area contributed by atoms with Crippen LogP contribution in [0, 0.1) is 5.41 Å². The largest absolute Gasteiger partial charge is 0.384 e. The third kappa shape index (κ3) is 1.66. The molecule has 0 amide bonds. The number of hydrogen-bond acceptors (Lipinski definition) is 2. The third-order valence-corrected chi connectivity index (χ3v) is 3.06. The fraction of sp³-hybridized carbons (Fsp3) is 0. The number of nitrogen functional groups attached to an aromatic ring is 1. The lowest BCUT2D eigenvalue weighted by molar-refractivity contribution is 1.41. The van der Waals surface area contributed by atoms with Crippen molar-refractivity contribution in [3.8, 4) is 0 Å².